The largest absolute Gasteiger partial charge is 0.468 e. The molecule has 0 aliphatic carbocycles. The van der Waals surface area contributed by atoms with Gasteiger partial charge in [0.25, 0.3) is 0 Å². The first-order valence-corrected chi connectivity index (χ1v) is 6.82. The number of nitrogens with one attached hydrogen (secondary N) is 1. The van der Waals surface area contributed by atoms with E-state index < -0.39 is 0 Å². The minimum atomic E-state index is -0.329. The number of methoxy groups -OCH3 is 1. The molecule has 100 valence electrons. The van der Waals surface area contributed by atoms with E-state index in [1.54, 1.807) is 0 Å². The SMILES string of the molecule is COC(=O)C(Br)CNc1ccc(C(C)(C)C)cc1. The number of hydrogen-bond acceptors (Lipinski definition) is 3. The highest BCUT2D eigenvalue weighted by atomic mass is 79.9. The highest BCUT2D eigenvalue weighted by Gasteiger charge is 2.15. The zero-order valence-electron chi connectivity index (χ0n) is 11.3. The Morgan fingerprint density at radius 3 is 2.33 bits per heavy atom. The molecule has 1 atom stereocenters. The first kappa shape index (κ1) is 15.0. The summed E-state index contributed by atoms with van der Waals surface area (Å²) in [6.45, 7) is 7.05. The monoisotopic (exact) mass is 313 g/mol. The van der Waals surface area contributed by atoms with Crippen molar-refractivity contribution in [1.29, 1.82) is 0 Å². The normalized spacial score (nSPS) is 12.9. The fraction of sp³-hybridized carbons (Fsp3) is 0.500. The second-order valence-electron chi connectivity index (χ2n) is 5.20. The lowest BCUT2D eigenvalue weighted by Crippen LogP contribution is -2.24. The number of alkyl halides is 1. The Labute approximate surface area is 117 Å². The molecule has 0 fully saturated rings. The topological polar surface area (TPSA) is 38.3 Å². The molecule has 0 bridgehead atoms. The van der Waals surface area contributed by atoms with E-state index in [1.165, 1.54) is 12.7 Å². The lowest BCUT2D eigenvalue weighted by atomic mass is 9.87. The Kier molecular flexibility index (Phi) is 5.20. The van der Waals surface area contributed by atoms with Crippen molar-refractivity contribution in [3.05, 3.63) is 29.8 Å². The summed E-state index contributed by atoms with van der Waals surface area (Å²) in [5.41, 5.74) is 2.44. The summed E-state index contributed by atoms with van der Waals surface area (Å²) in [5, 5.41) is 3.19. The quantitative estimate of drug-likeness (QED) is 0.684. The highest BCUT2D eigenvalue weighted by molar-refractivity contribution is 9.10. The maximum atomic E-state index is 11.2. The third-order valence-corrected chi connectivity index (χ3v) is 3.39. The Balaban J connectivity index is 2.57. The average molecular weight is 314 g/mol. The van der Waals surface area contributed by atoms with Crippen LogP contribution in [0.1, 0.15) is 26.3 Å². The number of carbonyl (C=O) groups excluding carboxylic acids is 1. The first-order chi connectivity index (χ1) is 8.34. The lowest BCUT2D eigenvalue weighted by molar-refractivity contribution is -0.139. The maximum absolute atomic E-state index is 11.2. The Morgan fingerprint density at radius 1 is 1.33 bits per heavy atom. The number of anilines is 1. The van der Waals surface area contributed by atoms with Gasteiger partial charge in [-0.15, -0.1) is 0 Å². The van der Waals surface area contributed by atoms with Crippen molar-refractivity contribution in [3.8, 4) is 0 Å². The molecule has 1 aromatic carbocycles. The smallest absolute Gasteiger partial charge is 0.321 e. The zero-order chi connectivity index (χ0) is 13.8. The molecule has 0 aliphatic rings. The van der Waals surface area contributed by atoms with Crippen LogP contribution in [0.5, 0.6) is 0 Å². The standard InChI is InChI=1S/C14H20BrNO2/c1-14(2,3)10-5-7-11(8-6-10)16-9-12(15)13(17)18-4/h5-8,12,16H,9H2,1-4H3. The van der Waals surface area contributed by atoms with E-state index in [1.807, 2.05) is 12.1 Å². The van der Waals surface area contributed by atoms with E-state index >= 15 is 0 Å². The maximum Gasteiger partial charge on any atom is 0.321 e. The molecule has 0 aromatic heterocycles. The van der Waals surface area contributed by atoms with Crippen LogP contribution in [0.4, 0.5) is 5.69 Å². The molecule has 0 saturated carbocycles. The number of ether oxygens (including phenoxy) is 1. The summed E-state index contributed by atoms with van der Waals surface area (Å²) < 4.78 is 4.64. The van der Waals surface area contributed by atoms with Crippen LogP contribution in [0.15, 0.2) is 24.3 Å². The number of halogens is 1. The fourth-order valence-corrected chi connectivity index (χ4v) is 1.86. The van der Waals surface area contributed by atoms with E-state index in [0.717, 1.165) is 5.69 Å². The van der Waals surface area contributed by atoms with Crippen molar-refractivity contribution >= 4 is 27.6 Å². The molecule has 0 heterocycles. The molecule has 0 spiro atoms. The number of benzene rings is 1. The van der Waals surface area contributed by atoms with Crippen molar-refractivity contribution < 1.29 is 9.53 Å². The zero-order valence-corrected chi connectivity index (χ0v) is 12.9. The number of esters is 1. The summed E-state index contributed by atoms with van der Waals surface area (Å²) in [7, 11) is 1.38. The van der Waals surface area contributed by atoms with Crippen molar-refractivity contribution in [2.24, 2.45) is 0 Å². The fourth-order valence-electron chi connectivity index (χ4n) is 1.51. The van der Waals surface area contributed by atoms with Crippen LogP contribution in [0.2, 0.25) is 0 Å². The van der Waals surface area contributed by atoms with E-state index in [2.05, 4.69) is 58.9 Å². The van der Waals surface area contributed by atoms with Gasteiger partial charge < -0.3 is 10.1 Å². The molecule has 1 unspecified atom stereocenters. The highest BCUT2D eigenvalue weighted by Crippen LogP contribution is 2.23. The van der Waals surface area contributed by atoms with Crippen molar-refractivity contribution in [2.75, 3.05) is 19.0 Å². The van der Waals surface area contributed by atoms with Crippen LogP contribution in [-0.4, -0.2) is 24.5 Å². The molecule has 1 rings (SSSR count). The van der Waals surface area contributed by atoms with E-state index in [-0.39, 0.29) is 16.2 Å². The first-order valence-electron chi connectivity index (χ1n) is 5.91. The second kappa shape index (κ2) is 6.23. The van der Waals surface area contributed by atoms with Gasteiger partial charge in [0, 0.05) is 12.2 Å². The van der Waals surface area contributed by atoms with Crippen LogP contribution in [-0.2, 0) is 14.9 Å². The Bertz CT molecular complexity index is 395. The molecule has 1 aromatic rings. The van der Waals surface area contributed by atoms with Gasteiger partial charge in [-0.2, -0.15) is 0 Å². The van der Waals surface area contributed by atoms with Crippen LogP contribution in [0, 0.1) is 0 Å². The molecule has 1 N–H and O–H groups in total. The Morgan fingerprint density at radius 2 is 1.89 bits per heavy atom. The number of hydrogen-bond donors (Lipinski definition) is 1. The van der Waals surface area contributed by atoms with Crippen molar-refractivity contribution in [1.82, 2.24) is 0 Å². The van der Waals surface area contributed by atoms with Gasteiger partial charge in [0.2, 0.25) is 0 Å². The van der Waals surface area contributed by atoms with E-state index in [4.69, 9.17) is 0 Å². The van der Waals surface area contributed by atoms with Gasteiger partial charge in [-0.05, 0) is 23.1 Å². The molecule has 0 saturated heterocycles. The minimum Gasteiger partial charge on any atom is -0.468 e. The van der Waals surface area contributed by atoms with E-state index in [0.29, 0.717) is 6.54 Å². The summed E-state index contributed by atoms with van der Waals surface area (Å²) in [6, 6.07) is 8.25. The summed E-state index contributed by atoms with van der Waals surface area (Å²) in [5.74, 6) is -0.270. The minimum absolute atomic E-state index is 0.155. The summed E-state index contributed by atoms with van der Waals surface area (Å²) in [4.78, 5) is 10.9. The van der Waals surface area contributed by atoms with Gasteiger partial charge in [0.1, 0.15) is 4.83 Å². The van der Waals surface area contributed by atoms with Gasteiger partial charge in [-0.3, -0.25) is 4.79 Å². The number of carbonyl (C=O) groups is 1. The summed E-state index contributed by atoms with van der Waals surface area (Å²) in [6.07, 6.45) is 0. The Hall–Kier alpha value is -1.03. The van der Waals surface area contributed by atoms with Crippen LogP contribution in [0.25, 0.3) is 0 Å². The third kappa shape index (κ3) is 4.33. The summed E-state index contributed by atoms with van der Waals surface area (Å²) >= 11 is 3.27. The van der Waals surface area contributed by atoms with Crippen molar-refractivity contribution in [2.45, 2.75) is 31.0 Å². The predicted octanol–water partition coefficient (Wildman–Crippen LogP) is 3.33. The average Bonchev–Trinajstić information content (AvgIpc) is 2.34. The molecule has 18 heavy (non-hydrogen) atoms. The third-order valence-electron chi connectivity index (χ3n) is 2.69. The van der Waals surface area contributed by atoms with Gasteiger partial charge in [0.05, 0.1) is 7.11 Å². The number of rotatable bonds is 4. The molecule has 0 radical (unpaired) electrons. The second-order valence-corrected chi connectivity index (χ2v) is 6.30. The predicted molar refractivity (Wildman–Crippen MR) is 78.4 cm³/mol. The molecule has 0 amide bonds. The van der Waals surface area contributed by atoms with Gasteiger partial charge >= 0.3 is 5.97 Å². The van der Waals surface area contributed by atoms with Crippen LogP contribution >= 0.6 is 15.9 Å². The molecular weight excluding hydrogens is 294 g/mol. The lowest BCUT2D eigenvalue weighted by Gasteiger charge is -2.19. The van der Waals surface area contributed by atoms with Gasteiger partial charge in [-0.1, -0.05) is 48.8 Å². The van der Waals surface area contributed by atoms with Crippen LogP contribution in [0.3, 0.4) is 0 Å². The molecule has 0 aliphatic heterocycles. The van der Waals surface area contributed by atoms with Crippen molar-refractivity contribution in [3.63, 3.8) is 0 Å². The van der Waals surface area contributed by atoms with Gasteiger partial charge in [0.15, 0.2) is 0 Å². The molecule has 3 nitrogen and oxygen atoms in total. The van der Waals surface area contributed by atoms with Crippen LogP contribution < -0.4 is 5.32 Å². The van der Waals surface area contributed by atoms with E-state index in [9.17, 15) is 4.79 Å². The van der Waals surface area contributed by atoms with Gasteiger partial charge in [-0.25, -0.2) is 0 Å². The molecular formula is C14H20BrNO2. The molecule has 4 heteroatoms.